The topological polar surface area (TPSA) is 45.2 Å². The number of carbonyl (C=O) groups is 1. The Hall–Kier alpha value is -2.36. The summed E-state index contributed by atoms with van der Waals surface area (Å²) in [4.78, 5) is 19.2. The van der Waals surface area contributed by atoms with E-state index in [9.17, 15) is 4.79 Å². The molecule has 1 amide bonds. The number of aryl methyl sites for hydroxylation is 2. The molecule has 4 heteroatoms. The van der Waals surface area contributed by atoms with Crippen molar-refractivity contribution >= 4 is 17.3 Å². The number of nitrogens with one attached hydrogen (secondary N) is 1. The minimum absolute atomic E-state index is 0.112. The van der Waals surface area contributed by atoms with E-state index in [1.54, 1.807) is 6.20 Å². The van der Waals surface area contributed by atoms with Crippen molar-refractivity contribution in [3.63, 3.8) is 0 Å². The first-order chi connectivity index (χ1) is 11.5. The molecule has 1 N–H and O–H groups in total. The molecule has 1 aromatic heterocycles. The van der Waals surface area contributed by atoms with E-state index >= 15 is 0 Å². The third-order valence-electron chi connectivity index (χ3n) is 4.49. The highest BCUT2D eigenvalue weighted by Crippen LogP contribution is 2.23. The van der Waals surface area contributed by atoms with E-state index < -0.39 is 0 Å². The number of rotatable bonds is 3. The lowest BCUT2D eigenvalue weighted by atomic mass is 10.00. The molecule has 3 rings (SSSR count). The van der Waals surface area contributed by atoms with Crippen LogP contribution in [0.5, 0.6) is 0 Å². The monoisotopic (exact) mass is 323 g/mol. The summed E-state index contributed by atoms with van der Waals surface area (Å²) >= 11 is 0. The van der Waals surface area contributed by atoms with Gasteiger partial charge >= 0.3 is 0 Å². The van der Waals surface area contributed by atoms with E-state index in [0.717, 1.165) is 35.6 Å². The molecular weight excluding hydrogens is 298 g/mol. The molecule has 0 aliphatic carbocycles. The van der Waals surface area contributed by atoms with Crippen molar-refractivity contribution < 1.29 is 4.79 Å². The van der Waals surface area contributed by atoms with E-state index in [-0.39, 0.29) is 5.91 Å². The first-order valence-corrected chi connectivity index (χ1v) is 8.61. The maximum Gasteiger partial charge on any atom is 0.257 e. The lowest BCUT2D eigenvalue weighted by Gasteiger charge is -2.32. The normalized spacial score (nSPS) is 17.6. The maximum atomic E-state index is 12.6. The Morgan fingerprint density at radius 2 is 1.92 bits per heavy atom. The van der Waals surface area contributed by atoms with Crippen molar-refractivity contribution in [3.8, 4) is 0 Å². The molecule has 1 atom stereocenters. The highest BCUT2D eigenvalue weighted by molar-refractivity contribution is 6.04. The molecule has 126 valence electrons. The number of benzene rings is 1. The SMILES string of the molecule is Cc1cc(C)cc(NC(=O)c2cncc(N3CCCC(C)C3)c2)c1. The summed E-state index contributed by atoms with van der Waals surface area (Å²) < 4.78 is 0. The van der Waals surface area contributed by atoms with Crippen LogP contribution in [0.25, 0.3) is 0 Å². The predicted octanol–water partition coefficient (Wildman–Crippen LogP) is 4.19. The van der Waals surface area contributed by atoms with Crippen LogP contribution in [0.3, 0.4) is 0 Å². The largest absolute Gasteiger partial charge is 0.370 e. The van der Waals surface area contributed by atoms with Crippen LogP contribution in [0.1, 0.15) is 41.3 Å². The summed E-state index contributed by atoms with van der Waals surface area (Å²) in [5, 5.41) is 2.98. The third-order valence-corrected chi connectivity index (χ3v) is 4.49. The molecule has 2 heterocycles. The summed E-state index contributed by atoms with van der Waals surface area (Å²) in [6.45, 7) is 8.40. The molecule has 1 aromatic carbocycles. The van der Waals surface area contributed by atoms with Crippen LogP contribution in [0.2, 0.25) is 0 Å². The predicted molar refractivity (Wildman–Crippen MR) is 98.7 cm³/mol. The lowest BCUT2D eigenvalue weighted by Crippen LogP contribution is -2.34. The molecular formula is C20H25N3O. The first-order valence-electron chi connectivity index (χ1n) is 8.61. The van der Waals surface area contributed by atoms with Crippen molar-refractivity contribution in [2.75, 3.05) is 23.3 Å². The fourth-order valence-electron chi connectivity index (χ4n) is 3.40. The molecule has 0 bridgehead atoms. The van der Waals surface area contributed by atoms with Crippen LogP contribution < -0.4 is 10.2 Å². The zero-order chi connectivity index (χ0) is 17.1. The highest BCUT2D eigenvalue weighted by atomic mass is 16.1. The summed E-state index contributed by atoms with van der Waals surface area (Å²) in [7, 11) is 0. The zero-order valence-electron chi connectivity index (χ0n) is 14.7. The van der Waals surface area contributed by atoms with Crippen molar-refractivity contribution in [1.82, 2.24) is 4.98 Å². The second-order valence-electron chi connectivity index (χ2n) is 6.96. The van der Waals surface area contributed by atoms with E-state index in [4.69, 9.17) is 0 Å². The van der Waals surface area contributed by atoms with Gasteiger partial charge in [0.15, 0.2) is 0 Å². The van der Waals surface area contributed by atoms with Gasteiger partial charge in [-0.1, -0.05) is 13.0 Å². The van der Waals surface area contributed by atoms with Gasteiger partial charge in [0.05, 0.1) is 17.4 Å². The third kappa shape index (κ3) is 3.94. The fourth-order valence-corrected chi connectivity index (χ4v) is 3.40. The molecule has 0 radical (unpaired) electrons. The minimum atomic E-state index is -0.112. The fraction of sp³-hybridized carbons (Fsp3) is 0.400. The zero-order valence-corrected chi connectivity index (χ0v) is 14.7. The first kappa shape index (κ1) is 16.5. The Morgan fingerprint density at radius 3 is 2.62 bits per heavy atom. The molecule has 1 unspecified atom stereocenters. The number of amides is 1. The summed E-state index contributed by atoms with van der Waals surface area (Å²) in [5.41, 5.74) is 4.74. The molecule has 24 heavy (non-hydrogen) atoms. The van der Waals surface area contributed by atoms with Crippen LogP contribution in [-0.4, -0.2) is 24.0 Å². The van der Waals surface area contributed by atoms with Gasteiger partial charge in [0, 0.05) is 25.0 Å². The molecule has 4 nitrogen and oxygen atoms in total. The van der Waals surface area contributed by atoms with Gasteiger partial charge in [-0.3, -0.25) is 9.78 Å². The van der Waals surface area contributed by atoms with Crippen LogP contribution in [0, 0.1) is 19.8 Å². The Morgan fingerprint density at radius 1 is 1.17 bits per heavy atom. The van der Waals surface area contributed by atoms with Gasteiger partial charge in [-0.2, -0.15) is 0 Å². The summed E-state index contributed by atoms with van der Waals surface area (Å²) in [6, 6.07) is 8.00. The van der Waals surface area contributed by atoms with Crippen molar-refractivity contribution in [3.05, 3.63) is 53.3 Å². The molecule has 1 saturated heterocycles. The second kappa shape index (κ2) is 7.04. The molecule has 0 saturated carbocycles. The van der Waals surface area contributed by atoms with Gasteiger partial charge in [-0.15, -0.1) is 0 Å². The Labute approximate surface area is 143 Å². The van der Waals surface area contributed by atoms with Gasteiger partial charge in [0.25, 0.3) is 5.91 Å². The lowest BCUT2D eigenvalue weighted by molar-refractivity contribution is 0.102. The average Bonchev–Trinajstić information content (AvgIpc) is 2.54. The minimum Gasteiger partial charge on any atom is -0.370 e. The number of nitrogens with zero attached hydrogens (tertiary/aromatic N) is 2. The van der Waals surface area contributed by atoms with Crippen LogP contribution in [0.15, 0.2) is 36.7 Å². The van der Waals surface area contributed by atoms with Gasteiger partial charge in [-0.05, 0) is 61.9 Å². The Kier molecular flexibility index (Phi) is 4.84. The van der Waals surface area contributed by atoms with E-state index in [2.05, 4.69) is 28.2 Å². The van der Waals surface area contributed by atoms with Crippen LogP contribution in [-0.2, 0) is 0 Å². The molecule has 0 spiro atoms. The average molecular weight is 323 g/mol. The van der Waals surface area contributed by atoms with Gasteiger partial charge < -0.3 is 10.2 Å². The van der Waals surface area contributed by atoms with Crippen molar-refractivity contribution in [1.29, 1.82) is 0 Å². The molecule has 2 aromatic rings. The smallest absolute Gasteiger partial charge is 0.257 e. The van der Waals surface area contributed by atoms with E-state index in [1.807, 2.05) is 38.2 Å². The number of carbonyl (C=O) groups excluding carboxylic acids is 1. The van der Waals surface area contributed by atoms with Crippen molar-refractivity contribution in [2.24, 2.45) is 5.92 Å². The summed E-state index contributed by atoms with van der Waals surface area (Å²) in [6.07, 6.45) is 5.96. The number of piperidine rings is 1. The second-order valence-corrected chi connectivity index (χ2v) is 6.96. The summed E-state index contributed by atoms with van der Waals surface area (Å²) in [5.74, 6) is 0.575. The van der Waals surface area contributed by atoms with Crippen molar-refractivity contribution in [2.45, 2.75) is 33.6 Å². The number of hydrogen-bond acceptors (Lipinski definition) is 3. The maximum absolute atomic E-state index is 12.6. The van der Waals surface area contributed by atoms with Gasteiger partial charge in [0.2, 0.25) is 0 Å². The molecule has 1 aliphatic heterocycles. The van der Waals surface area contributed by atoms with E-state index in [0.29, 0.717) is 11.5 Å². The number of anilines is 2. The van der Waals surface area contributed by atoms with Gasteiger partial charge in [-0.25, -0.2) is 0 Å². The van der Waals surface area contributed by atoms with Crippen LogP contribution >= 0.6 is 0 Å². The Balaban J connectivity index is 1.76. The molecule has 1 aliphatic rings. The van der Waals surface area contributed by atoms with Crippen LogP contribution in [0.4, 0.5) is 11.4 Å². The highest BCUT2D eigenvalue weighted by Gasteiger charge is 2.18. The van der Waals surface area contributed by atoms with Gasteiger partial charge in [0.1, 0.15) is 0 Å². The number of hydrogen-bond donors (Lipinski definition) is 1. The van der Waals surface area contributed by atoms with E-state index in [1.165, 1.54) is 12.8 Å². The molecule has 1 fully saturated rings. The standard InChI is InChI=1S/C20H25N3O/c1-14-5-4-6-23(13-14)19-10-17(11-21-12-19)20(24)22-18-8-15(2)7-16(3)9-18/h7-12,14H,4-6,13H2,1-3H3,(H,22,24). The number of pyridine rings is 1. The quantitative estimate of drug-likeness (QED) is 0.921. The Bertz CT molecular complexity index is 721. The number of aromatic nitrogens is 1.